The lowest BCUT2D eigenvalue weighted by molar-refractivity contribution is 0.317. The van der Waals surface area contributed by atoms with Crippen LogP contribution in [0.3, 0.4) is 0 Å². The lowest BCUT2D eigenvalue weighted by Gasteiger charge is -2.36. The molecular formula is C14H20N2. The van der Waals surface area contributed by atoms with Gasteiger partial charge in [-0.3, -0.25) is 4.90 Å². The summed E-state index contributed by atoms with van der Waals surface area (Å²) in [5.74, 6) is 0. The quantitative estimate of drug-likeness (QED) is 0.750. The van der Waals surface area contributed by atoms with Crippen molar-refractivity contribution in [2.75, 3.05) is 31.6 Å². The fraction of sp³-hybridized carbons (Fsp3) is 0.571. The molecule has 2 aliphatic rings. The lowest BCUT2D eigenvalue weighted by Crippen LogP contribution is -2.38. The van der Waals surface area contributed by atoms with Crippen LogP contribution in [0.25, 0.3) is 0 Å². The molecule has 16 heavy (non-hydrogen) atoms. The molecule has 1 aromatic carbocycles. The molecule has 2 aliphatic heterocycles. The van der Waals surface area contributed by atoms with E-state index in [1.165, 1.54) is 44.6 Å². The number of benzene rings is 1. The molecule has 0 aliphatic carbocycles. The van der Waals surface area contributed by atoms with Crippen LogP contribution in [0.1, 0.15) is 30.9 Å². The van der Waals surface area contributed by atoms with Crippen molar-refractivity contribution in [3.63, 3.8) is 0 Å². The van der Waals surface area contributed by atoms with Gasteiger partial charge in [0.15, 0.2) is 0 Å². The average molecular weight is 216 g/mol. The summed E-state index contributed by atoms with van der Waals surface area (Å²) in [6.07, 6.45) is 4.02. The Morgan fingerprint density at radius 2 is 1.88 bits per heavy atom. The van der Waals surface area contributed by atoms with Gasteiger partial charge in [-0.25, -0.2) is 0 Å². The topological polar surface area (TPSA) is 6.48 Å². The molecule has 0 bridgehead atoms. The molecule has 2 heteroatoms. The smallest absolute Gasteiger partial charge is 0.0414 e. The van der Waals surface area contributed by atoms with Gasteiger partial charge in [0.2, 0.25) is 0 Å². The van der Waals surface area contributed by atoms with Gasteiger partial charge >= 0.3 is 0 Å². The Morgan fingerprint density at radius 1 is 1.06 bits per heavy atom. The van der Waals surface area contributed by atoms with Gasteiger partial charge in [0, 0.05) is 24.8 Å². The molecule has 1 unspecified atom stereocenters. The fourth-order valence-corrected chi connectivity index (χ4v) is 2.92. The van der Waals surface area contributed by atoms with Gasteiger partial charge in [-0.15, -0.1) is 0 Å². The second-order valence-corrected chi connectivity index (χ2v) is 5.04. The maximum Gasteiger partial charge on any atom is 0.0414 e. The number of anilines is 1. The molecule has 3 rings (SSSR count). The predicted molar refractivity (Wildman–Crippen MR) is 67.9 cm³/mol. The molecule has 0 N–H and O–H groups in total. The molecule has 2 saturated heterocycles. The van der Waals surface area contributed by atoms with Crippen LogP contribution in [-0.4, -0.2) is 31.6 Å². The van der Waals surface area contributed by atoms with Crippen molar-refractivity contribution in [1.29, 1.82) is 0 Å². The standard InChI is InChI=1S/C14H20N2/c1-15-9-4-8-13(15)12-6-2-3-7-14(12)16-10-5-11-16/h2-3,6-7,13H,4-5,8-11H2,1H3. The molecule has 1 atom stereocenters. The molecule has 0 radical (unpaired) electrons. The average Bonchev–Trinajstić information content (AvgIpc) is 2.63. The van der Waals surface area contributed by atoms with Gasteiger partial charge in [-0.05, 0) is 44.5 Å². The minimum Gasteiger partial charge on any atom is -0.371 e. The second-order valence-electron chi connectivity index (χ2n) is 5.04. The monoisotopic (exact) mass is 216 g/mol. The number of hydrogen-bond acceptors (Lipinski definition) is 2. The lowest BCUT2D eigenvalue weighted by atomic mass is 10.00. The number of nitrogens with zero attached hydrogens (tertiary/aromatic N) is 2. The van der Waals surface area contributed by atoms with E-state index in [1.54, 1.807) is 5.56 Å². The maximum atomic E-state index is 2.52. The van der Waals surface area contributed by atoms with Crippen LogP contribution in [0.5, 0.6) is 0 Å². The van der Waals surface area contributed by atoms with E-state index in [0.29, 0.717) is 6.04 Å². The van der Waals surface area contributed by atoms with E-state index >= 15 is 0 Å². The third-order valence-electron chi connectivity index (χ3n) is 4.01. The van der Waals surface area contributed by atoms with Gasteiger partial charge < -0.3 is 4.90 Å². The van der Waals surface area contributed by atoms with E-state index in [0.717, 1.165) is 0 Å². The summed E-state index contributed by atoms with van der Waals surface area (Å²) in [6.45, 7) is 3.74. The van der Waals surface area contributed by atoms with Crippen LogP contribution in [0.2, 0.25) is 0 Å². The van der Waals surface area contributed by atoms with Gasteiger partial charge in [-0.2, -0.15) is 0 Å². The zero-order chi connectivity index (χ0) is 11.0. The van der Waals surface area contributed by atoms with Crippen molar-refractivity contribution in [3.05, 3.63) is 29.8 Å². The van der Waals surface area contributed by atoms with Crippen LogP contribution in [0.15, 0.2) is 24.3 Å². The summed E-state index contributed by atoms with van der Waals surface area (Å²) in [5.41, 5.74) is 3.02. The first-order valence-electron chi connectivity index (χ1n) is 6.40. The molecule has 0 saturated carbocycles. The third kappa shape index (κ3) is 1.61. The summed E-state index contributed by atoms with van der Waals surface area (Å²) in [6, 6.07) is 9.62. The molecule has 0 amide bonds. The van der Waals surface area contributed by atoms with E-state index in [1.807, 2.05) is 0 Å². The second kappa shape index (κ2) is 4.10. The van der Waals surface area contributed by atoms with E-state index < -0.39 is 0 Å². The number of hydrogen-bond donors (Lipinski definition) is 0. The first-order chi connectivity index (χ1) is 7.86. The summed E-state index contributed by atoms with van der Waals surface area (Å²) >= 11 is 0. The highest BCUT2D eigenvalue weighted by atomic mass is 15.2. The summed E-state index contributed by atoms with van der Waals surface area (Å²) < 4.78 is 0. The minimum atomic E-state index is 0.650. The molecular weight excluding hydrogens is 196 g/mol. The van der Waals surface area contributed by atoms with E-state index in [2.05, 4.69) is 41.1 Å². The molecule has 0 spiro atoms. The molecule has 2 nitrogen and oxygen atoms in total. The van der Waals surface area contributed by atoms with Crippen molar-refractivity contribution in [1.82, 2.24) is 4.90 Å². The minimum absolute atomic E-state index is 0.650. The highest BCUT2D eigenvalue weighted by molar-refractivity contribution is 5.56. The molecule has 2 fully saturated rings. The summed E-state index contributed by atoms with van der Waals surface area (Å²) in [4.78, 5) is 5.01. The van der Waals surface area contributed by atoms with Gasteiger partial charge in [0.05, 0.1) is 0 Å². The van der Waals surface area contributed by atoms with Crippen molar-refractivity contribution in [3.8, 4) is 0 Å². The van der Waals surface area contributed by atoms with Crippen LogP contribution in [0.4, 0.5) is 5.69 Å². The first kappa shape index (κ1) is 10.2. The van der Waals surface area contributed by atoms with Crippen molar-refractivity contribution in [2.45, 2.75) is 25.3 Å². The SMILES string of the molecule is CN1CCCC1c1ccccc1N1CCC1. The Bertz CT molecular complexity index is 371. The predicted octanol–water partition coefficient (Wildman–Crippen LogP) is 2.66. The van der Waals surface area contributed by atoms with Gasteiger partial charge in [0.1, 0.15) is 0 Å². The number of likely N-dealkylation sites (tertiary alicyclic amines) is 1. The van der Waals surface area contributed by atoms with Crippen LogP contribution in [-0.2, 0) is 0 Å². The fourth-order valence-electron chi connectivity index (χ4n) is 2.92. The Balaban J connectivity index is 1.92. The molecule has 1 aromatic rings. The molecule has 86 valence electrons. The van der Waals surface area contributed by atoms with Crippen LogP contribution >= 0.6 is 0 Å². The Kier molecular flexibility index (Phi) is 2.60. The Labute approximate surface area is 97.9 Å². The molecule has 0 aromatic heterocycles. The molecule has 2 heterocycles. The zero-order valence-corrected chi connectivity index (χ0v) is 10.0. The number of para-hydroxylation sites is 1. The van der Waals surface area contributed by atoms with Crippen molar-refractivity contribution in [2.24, 2.45) is 0 Å². The van der Waals surface area contributed by atoms with Crippen molar-refractivity contribution >= 4 is 5.69 Å². The summed E-state index contributed by atoms with van der Waals surface area (Å²) in [5, 5.41) is 0. The van der Waals surface area contributed by atoms with Gasteiger partial charge in [-0.1, -0.05) is 18.2 Å². The maximum absolute atomic E-state index is 2.52. The van der Waals surface area contributed by atoms with Crippen LogP contribution < -0.4 is 4.90 Å². The third-order valence-corrected chi connectivity index (χ3v) is 4.01. The highest BCUT2D eigenvalue weighted by Crippen LogP contribution is 2.37. The summed E-state index contributed by atoms with van der Waals surface area (Å²) in [7, 11) is 2.25. The van der Waals surface area contributed by atoms with Gasteiger partial charge in [0.25, 0.3) is 0 Å². The Hall–Kier alpha value is -1.02. The van der Waals surface area contributed by atoms with E-state index in [4.69, 9.17) is 0 Å². The first-order valence-corrected chi connectivity index (χ1v) is 6.40. The van der Waals surface area contributed by atoms with E-state index in [9.17, 15) is 0 Å². The Morgan fingerprint density at radius 3 is 2.50 bits per heavy atom. The number of rotatable bonds is 2. The normalized spacial score (nSPS) is 25.8. The largest absolute Gasteiger partial charge is 0.371 e. The highest BCUT2D eigenvalue weighted by Gasteiger charge is 2.27. The van der Waals surface area contributed by atoms with Crippen LogP contribution in [0, 0.1) is 0 Å². The van der Waals surface area contributed by atoms with Crippen molar-refractivity contribution < 1.29 is 0 Å². The van der Waals surface area contributed by atoms with E-state index in [-0.39, 0.29) is 0 Å². The zero-order valence-electron chi connectivity index (χ0n) is 10.0.